The summed E-state index contributed by atoms with van der Waals surface area (Å²) in [5.41, 5.74) is 1.79. The van der Waals surface area contributed by atoms with Crippen molar-refractivity contribution in [3.63, 3.8) is 0 Å². The number of ether oxygens (including phenoxy) is 1. The average molecular weight is 277 g/mol. The second-order valence-corrected chi connectivity index (χ2v) is 6.04. The monoisotopic (exact) mass is 277 g/mol. The molecule has 3 heteroatoms. The number of aryl methyl sites for hydroxylation is 1. The molecule has 0 spiro atoms. The molecule has 1 aromatic carbocycles. The van der Waals surface area contributed by atoms with Crippen molar-refractivity contribution >= 4 is 0 Å². The standard InChI is InChI=1S/C17H27NO2/c1-4-18-14(3)15-11-13(2)7-8-16(15)20-12-17(19)9-5-6-10-17/h7-8,11,14,18-19H,4-6,9-10,12H2,1-3H3. The summed E-state index contributed by atoms with van der Waals surface area (Å²) in [7, 11) is 0. The van der Waals surface area contributed by atoms with Crippen LogP contribution in [0.5, 0.6) is 5.75 Å². The summed E-state index contributed by atoms with van der Waals surface area (Å²) in [6, 6.07) is 6.52. The summed E-state index contributed by atoms with van der Waals surface area (Å²) < 4.78 is 5.96. The highest BCUT2D eigenvalue weighted by molar-refractivity contribution is 5.39. The van der Waals surface area contributed by atoms with Gasteiger partial charge in [-0.15, -0.1) is 0 Å². The van der Waals surface area contributed by atoms with Crippen molar-refractivity contribution in [3.05, 3.63) is 29.3 Å². The fraction of sp³-hybridized carbons (Fsp3) is 0.647. The van der Waals surface area contributed by atoms with Crippen molar-refractivity contribution < 1.29 is 9.84 Å². The molecule has 0 amide bonds. The Bertz CT molecular complexity index is 439. The van der Waals surface area contributed by atoms with Gasteiger partial charge in [-0.05, 0) is 39.3 Å². The van der Waals surface area contributed by atoms with Crippen LogP contribution < -0.4 is 10.1 Å². The fourth-order valence-corrected chi connectivity index (χ4v) is 2.94. The van der Waals surface area contributed by atoms with Crippen molar-refractivity contribution in [1.82, 2.24) is 5.32 Å². The predicted molar refractivity (Wildman–Crippen MR) is 82.2 cm³/mol. The fourth-order valence-electron chi connectivity index (χ4n) is 2.94. The van der Waals surface area contributed by atoms with Crippen LogP contribution in [-0.4, -0.2) is 23.9 Å². The van der Waals surface area contributed by atoms with Gasteiger partial charge in [0.05, 0.1) is 5.60 Å². The lowest BCUT2D eigenvalue weighted by atomic mass is 10.0. The lowest BCUT2D eigenvalue weighted by Crippen LogP contribution is -2.32. The van der Waals surface area contributed by atoms with Gasteiger partial charge in [0.25, 0.3) is 0 Å². The number of rotatable bonds is 6. The number of hydrogen-bond donors (Lipinski definition) is 2. The Morgan fingerprint density at radius 2 is 2.05 bits per heavy atom. The molecule has 1 fully saturated rings. The molecule has 1 unspecified atom stereocenters. The van der Waals surface area contributed by atoms with Crippen LogP contribution in [-0.2, 0) is 0 Å². The Kier molecular flexibility index (Phi) is 5.06. The molecule has 2 rings (SSSR count). The molecule has 1 aliphatic carbocycles. The van der Waals surface area contributed by atoms with Crippen molar-refractivity contribution in [2.24, 2.45) is 0 Å². The van der Waals surface area contributed by atoms with Crippen LogP contribution in [0.15, 0.2) is 18.2 Å². The second kappa shape index (κ2) is 6.59. The molecule has 0 aliphatic heterocycles. The molecule has 112 valence electrons. The number of aliphatic hydroxyl groups is 1. The van der Waals surface area contributed by atoms with Crippen molar-refractivity contribution in [1.29, 1.82) is 0 Å². The van der Waals surface area contributed by atoms with Gasteiger partial charge in [-0.1, -0.05) is 37.5 Å². The molecule has 3 nitrogen and oxygen atoms in total. The van der Waals surface area contributed by atoms with Crippen LogP contribution in [0.4, 0.5) is 0 Å². The molecular weight excluding hydrogens is 250 g/mol. The van der Waals surface area contributed by atoms with Gasteiger partial charge in [-0.25, -0.2) is 0 Å². The van der Waals surface area contributed by atoms with Gasteiger partial charge in [0.2, 0.25) is 0 Å². The number of nitrogens with one attached hydrogen (secondary N) is 1. The lowest BCUT2D eigenvalue weighted by Gasteiger charge is -2.24. The molecule has 2 N–H and O–H groups in total. The third kappa shape index (κ3) is 3.74. The summed E-state index contributed by atoms with van der Waals surface area (Å²) >= 11 is 0. The van der Waals surface area contributed by atoms with E-state index in [4.69, 9.17) is 4.74 Å². The molecule has 1 aromatic rings. The highest BCUT2D eigenvalue weighted by atomic mass is 16.5. The summed E-state index contributed by atoms with van der Waals surface area (Å²) in [5.74, 6) is 0.893. The highest BCUT2D eigenvalue weighted by Crippen LogP contribution is 2.32. The maximum atomic E-state index is 10.4. The quantitative estimate of drug-likeness (QED) is 0.838. The smallest absolute Gasteiger partial charge is 0.124 e. The first-order valence-electron chi connectivity index (χ1n) is 7.73. The Hall–Kier alpha value is -1.06. The summed E-state index contributed by atoms with van der Waals surface area (Å²) in [6.45, 7) is 7.68. The van der Waals surface area contributed by atoms with E-state index in [0.717, 1.165) is 38.0 Å². The zero-order chi connectivity index (χ0) is 14.6. The van der Waals surface area contributed by atoms with Gasteiger partial charge in [0.15, 0.2) is 0 Å². The van der Waals surface area contributed by atoms with Crippen LogP contribution >= 0.6 is 0 Å². The largest absolute Gasteiger partial charge is 0.490 e. The normalized spacial score (nSPS) is 19.0. The predicted octanol–water partition coefficient (Wildman–Crippen LogP) is 3.35. The van der Waals surface area contributed by atoms with E-state index in [1.54, 1.807) is 0 Å². The van der Waals surface area contributed by atoms with E-state index in [-0.39, 0.29) is 6.04 Å². The SMILES string of the molecule is CCNC(C)c1cc(C)ccc1OCC1(O)CCCC1. The van der Waals surface area contributed by atoms with Gasteiger partial charge >= 0.3 is 0 Å². The Morgan fingerprint density at radius 3 is 2.70 bits per heavy atom. The molecule has 1 saturated carbocycles. The van der Waals surface area contributed by atoms with Crippen LogP contribution in [0.2, 0.25) is 0 Å². The van der Waals surface area contributed by atoms with Crippen LogP contribution in [0.1, 0.15) is 56.7 Å². The van der Waals surface area contributed by atoms with Crippen LogP contribution in [0.25, 0.3) is 0 Å². The zero-order valence-corrected chi connectivity index (χ0v) is 12.9. The van der Waals surface area contributed by atoms with Gasteiger partial charge in [-0.2, -0.15) is 0 Å². The Morgan fingerprint density at radius 1 is 1.35 bits per heavy atom. The molecule has 0 saturated heterocycles. The van der Waals surface area contributed by atoms with Crippen LogP contribution in [0, 0.1) is 6.92 Å². The summed E-state index contributed by atoms with van der Waals surface area (Å²) in [5, 5.41) is 13.8. The zero-order valence-electron chi connectivity index (χ0n) is 12.9. The maximum Gasteiger partial charge on any atom is 0.124 e. The first-order chi connectivity index (χ1) is 9.54. The van der Waals surface area contributed by atoms with E-state index >= 15 is 0 Å². The van der Waals surface area contributed by atoms with E-state index in [2.05, 4.69) is 38.2 Å². The van der Waals surface area contributed by atoms with Crippen molar-refractivity contribution in [2.45, 2.75) is 58.1 Å². The third-order valence-corrected chi connectivity index (χ3v) is 4.17. The first kappa shape index (κ1) is 15.3. The summed E-state index contributed by atoms with van der Waals surface area (Å²) in [6.07, 6.45) is 3.93. The molecule has 1 aliphatic rings. The topological polar surface area (TPSA) is 41.5 Å². The van der Waals surface area contributed by atoms with E-state index in [1.807, 2.05) is 6.07 Å². The Labute approximate surface area is 122 Å². The van der Waals surface area contributed by atoms with E-state index in [0.29, 0.717) is 6.61 Å². The van der Waals surface area contributed by atoms with Gasteiger partial charge in [0.1, 0.15) is 12.4 Å². The van der Waals surface area contributed by atoms with Gasteiger partial charge < -0.3 is 15.2 Å². The molecule has 0 heterocycles. The number of hydrogen-bond acceptors (Lipinski definition) is 3. The van der Waals surface area contributed by atoms with Crippen molar-refractivity contribution in [2.75, 3.05) is 13.2 Å². The minimum Gasteiger partial charge on any atom is -0.490 e. The number of benzene rings is 1. The molecule has 20 heavy (non-hydrogen) atoms. The highest BCUT2D eigenvalue weighted by Gasteiger charge is 2.32. The third-order valence-electron chi connectivity index (χ3n) is 4.17. The van der Waals surface area contributed by atoms with E-state index in [1.165, 1.54) is 11.1 Å². The molecule has 1 atom stereocenters. The summed E-state index contributed by atoms with van der Waals surface area (Å²) in [4.78, 5) is 0. The maximum absolute atomic E-state index is 10.4. The van der Waals surface area contributed by atoms with E-state index < -0.39 is 5.60 Å². The Balaban J connectivity index is 2.10. The molecule has 0 aromatic heterocycles. The van der Waals surface area contributed by atoms with Crippen LogP contribution in [0.3, 0.4) is 0 Å². The molecule has 0 bridgehead atoms. The minimum absolute atomic E-state index is 0.258. The van der Waals surface area contributed by atoms with Gasteiger partial charge in [0, 0.05) is 11.6 Å². The van der Waals surface area contributed by atoms with Crippen molar-refractivity contribution in [3.8, 4) is 5.75 Å². The van der Waals surface area contributed by atoms with Gasteiger partial charge in [-0.3, -0.25) is 0 Å². The lowest BCUT2D eigenvalue weighted by molar-refractivity contribution is 0.00101. The van der Waals surface area contributed by atoms with E-state index in [9.17, 15) is 5.11 Å². The molecular formula is C17H27NO2. The second-order valence-electron chi connectivity index (χ2n) is 6.04. The first-order valence-corrected chi connectivity index (χ1v) is 7.73. The average Bonchev–Trinajstić information content (AvgIpc) is 2.85. The minimum atomic E-state index is -0.621. The molecule has 0 radical (unpaired) electrons.